The lowest BCUT2D eigenvalue weighted by molar-refractivity contribution is -0.117. The van der Waals surface area contributed by atoms with Gasteiger partial charge in [0, 0.05) is 31.0 Å². The summed E-state index contributed by atoms with van der Waals surface area (Å²) < 4.78 is 12.9. The first-order chi connectivity index (χ1) is 13.6. The second-order valence-corrected chi connectivity index (χ2v) is 6.28. The number of anilines is 2. The Hall–Kier alpha value is -3.40. The van der Waals surface area contributed by atoms with Gasteiger partial charge in [-0.25, -0.2) is 13.9 Å². The van der Waals surface area contributed by atoms with Gasteiger partial charge in [-0.2, -0.15) is 4.98 Å². The van der Waals surface area contributed by atoms with Gasteiger partial charge in [0.05, 0.1) is 20.3 Å². The Morgan fingerprint density at radius 1 is 1.29 bits per heavy atom. The first-order valence-corrected chi connectivity index (χ1v) is 8.87. The van der Waals surface area contributed by atoms with Crippen LogP contribution in [0.25, 0.3) is 5.78 Å². The molecule has 28 heavy (non-hydrogen) atoms. The molecule has 10 heteroatoms. The molecule has 1 saturated heterocycles. The number of carbonyl (C=O) groups excluding carboxylic acids is 1. The van der Waals surface area contributed by atoms with Gasteiger partial charge in [-0.3, -0.25) is 4.79 Å². The second-order valence-electron chi connectivity index (χ2n) is 6.28. The number of rotatable bonds is 5. The first kappa shape index (κ1) is 18.0. The fourth-order valence-electron chi connectivity index (χ4n) is 3.01. The van der Waals surface area contributed by atoms with Gasteiger partial charge in [0.1, 0.15) is 18.1 Å². The largest absolute Gasteiger partial charge is 0.497 e. The monoisotopic (exact) mass is 384 g/mol. The minimum Gasteiger partial charge on any atom is -0.497 e. The van der Waals surface area contributed by atoms with Crippen LogP contribution >= 0.6 is 0 Å². The number of carbonyl (C=O) groups is 1. The Morgan fingerprint density at radius 2 is 2.11 bits per heavy atom. The number of methoxy groups -OCH3 is 1. The van der Waals surface area contributed by atoms with E-state index in [1.165, 1.54) is 4.40 Å². The molecule has 1 N–H and O–H groups in total. The average molecular weight is 384 g/mol. The van der Waals surface area contributed by atoms with Crippen LogP contribution in [0.4, 0.5) is 11.5 Å². The summed E-state index contributed by atoms with van der Waals surface area (Å²) in [7, 11) is 1.55. The zero-order valence-electron chi connectivity index (χ0n) is 15.4. The van der Waals surface area contributed by atoms with Crippen molar-refractivity contribution in [3.8, 4) is 5.75 Å². The second kappa shape index (κ2) is 7.69. The van der Waals surface area contributed by atoms with E-state index in [-0.39, 0.29) is 18.2 Å². The average Bonchev–Trinajstić information content (AvgIpc) is 3.03. The van der Waals surface area contributed by atoms with E-state index in [0.717, 1.165) is 23.6 Å². The zero-order chi connectivity index (χ0) is 19.5. The van der Waals surface area contributed by atoms with E-state index in [0.29, 0.717) is 24.7 Å². The highest BCUT2D eigenvalue weighted by Crippen LogP contribution is 2.16. The predicted octanol–water partition coefficient (Wildman–Crippen LogP) is 0.375. The molecule has 4 rings (SSSR count). The number of benzene rings is 1. The van der Waals surface area contributed by atoms with Crippen molar-refractivity contribution < 1.29 is 14.3 Å². The summed E-state index contributed by atoms with van der Waals surface area (Å²) in [5.41, 5.74) is 0.158. The smallest absolute Gasteiger partial charge is 0.352 e. The topological polar surface area (TPSA) is 103 Å². The number of morpholine rings is 1. The highest BCUT2D eigenvalue weighted by Gasteiger charge is 2.16. The van der Waals surface area contributed by atoms with Crippen molar-refractivity contribution >= 4 is 23.2 Å². The summed E-state index contributed by atoms with van der Waals surface area (Å²) in [6.07, 6.45) is 1.62. The summed E-state index contributed by atoms with van der Waals surface area (Å²) in [4.78, 5) is 31.3. The molecule has 1 amide bonds. The lowest BCUT2D eigenvalue weighted by Gasteiger charge is -2.27. The molecule has 3 heterocycles. The molecule has 0 aliphatic carbocycles. The maximum Gasteiger partial charge on any atom is 0.352 e. The molecule has 1 fully saturated rings. The number of ether oxygens (including phenoxy) is 2. The van der Waals surface area contributed by atoms with Crippen LogP contribution in [-0.2, 0) is 16.1 Å². The molecule has 0 unspecified atom stereocenters. The molecule has 10 nitrogen and oxygen atoms in total. The third-order valence-corrected chi connectivity index (χ3v) is 4.42. The molecule has 0 radical (unpaired) electrons. The number of amides is 1. The van der Waals surface area contributed by atoms with E-state index >= 15 is 0 Å². The number of nitrogens with one attached hydrogen (secondary N) is 1. The highest BCUT2D eigenvalue weighted by molar-refractivity contribution is 5.90. The van der Waals surface area contributed by atoms with E-state index in [1.54, 1.807) is 43.6 Å². The Balaban J connectivity index is 1.52. The SMILES string of the molecule is COc1cccc(NC(=O)Cn2nc3nc(N4CCOCC4)ccn3c2=O)c1. The molecule has 1 aliphatic heterocycles. The number of hydrogen-bond donors (Lipinski definition) is 1. The molecule has 0 saturated carbocycles. The zero-order valence-corrected chi connectivity index (χ0v) is 15.4. The highest BCUT2D eigenvalue weighted by atomic mass is 16.5. The van der Waals surface area contributed by atoms with Gasteiger partial charge in [-0.05, 0) is 18.2 Å². The number of aromatic nitrogens is 4. The Bertz CT molecular complexity index is 1050. The van der Waals surface area contributed by atoms with Gasteiger partial charge in [0.15, 0.2) is 0 Å². The molecule has 0 atom stereocenters. The van der Waals surface area contributed by atoms with Crippen molar-refractivity contribution in [2.24, 2.45) is 0 Å². The van der Waals surface area contributed by atoms with Crippen molar-refractivity contribution in [2.75, 3.05) is 43.6 Å². The van der Waals surface area contributed by atoms with Gasteiger partial charge < -0.3 is 19.7 Å². The van der Waals surface area contributed by atoms with Crippen LogP contribution in [-0.4, -0.2) is 58.5 Å². The van der Waals surface area contributed by atoms with Crippen molar-refractivity contribution in [3.63, 3.8) is 0 Å². The normalized spacial score (nSPS) is 14.2. The lowest BCUT2D eigenvalue weighted by atomic mass is 10.3. The first-order valence-electron chi connectivity index (χ1n) is 8.87. The van der Waals surface area contributed by atoms with E-state index in [4.69, 9.17) is 9.47 Å². The van der Waals surface area contributed by atoms with Crippen LogP contribution in [0.15, 0.2) is 41.3 Å². The fourth-order valence-corrected chi connectivity index (χ4v) is 3.01. The predicted molar refractivity (Wildman–Crippen MR) is 102 cm³/mol. The van der Waals surface area contributed by atoms with Crippen LogP contribution in [0, 0.1) is 0 Å². The van der Waals surface area contributed by atoms with E-state index in [1.807, 2.05) is 0 Å². The number of nitrogens with zero attached hydrogens (tertiary/aromatic N) is 5. The van der Waals surface area contributed by atoms with E-state index in [9.17, 15) is 9.59 Å². The van der Waals surface area contributed by atoms with Crippen molar-refractivity contribution in [3.05, 3.63) is 47.0 Å². The van der Waals surface area contributed by atoms with Crippen LogP contribution in [0.3, 0.4) is 0 Å². The Kier molecular flexibility index (Phi) is 4.94. The number of hydrogen-bond acceptors (Lipinski definition) is 7. The number of fused-ring (bicyclic) bond motifs is 1. The van der Waals surface area contributed by atoms with Crippen LogP contribution < -0.4 is 20.6 Å². The molecular weight excluding hydrogens is 364 g/mol. The molecule has 0 spiro atoms. The third-order valence-electron chi connectivity index (χ3n) is 4.42. The standard InChI is InChI=1S/C18H20N6O4/c1-27-14-4-2-3-13(11-14)19-16(25)12-24-18(26)23-6-5-15(20-17(23)21-24)22-7-9-28-10-8-22/h2-6,11H,7-10,12H2,1H3,(H,19,25). The van der Waals surface area contributed by atoms with Crippen LogP contribution in [0.2, 0.25) is 0 Å². The summed E-state index contributed by atoms with van der Waals surface area (Å²) >= 11 is 0. The summed E-state index contributed by atoms with van der Waals surface area (Å²) in [5.74, 6) is 1.24. The molecule has 2 aromatic heterocycles. The maximum absolute atomic E-state index is 12.5. The molecule has 146 valence electrons. The minimum atomic E-state index is -0.420. The van der Waals surface area contributed by atoms with Crippen molar-refractivity contribution in [2.45, 2.75) is 6.54 Å². The van der Waals surface area contributed by atoms with Gasteiger partial charge in [-0.15, -0.1) is 5.10 Å². The lowest BCUT2D eigenvalue weighted by Crippen LogP contribution is -2.36. The summed E-state index contributed by atoms with van der Waals surface area (Å²) in [5, 5.41) is 6.92. The molecule has 1 aliphatic rings. The molecule has 1 aromatic carbocycles. The summed E-state index contributed by atoms with van der Waals surface area (Å²) in [6, 6.07) is 8.74. The Morgan fingerprint density at radius 3 is 2.89 bits per heavy atom. The van der Waals surface area contributed by atoms with Gasteiger partial charge in [-0.1, -0.05) is 6.07 Å². The fraction of sp³-hybridized carbons (Fsp3) is 0.333. The maximum atomic E-state index is 12.5. The van der Waals surface area contributed by atoms with Crippen molar-refractivity contribution in [1.82, 2.24) is 19.2 Å². The van der Waals surface area contributed by atoms with Gasteiger partial charge in [0.2, 0.25) is 5.91 Å². The van der Waals surface area contributed by atoms with Crippen molar-refractivity contribution in [1.29, 1.82) is 0 Å². The molecule has 0 bridgehead atoms. The molecule has 3 aromatic rings. The van der Waals surface area contributed by atoms with Gasteiger partial charge in [0.25, 0.3) is 5.78 Å². The third kappa shape index (κ3) is 3.67. The van der Waals surface area contributed by atoms with Crippen LogP contribution in [0.1, 0.15) is 0 Å². The summed E-state index contributed by atoms with van der Waals surface area (Å²) in [6.45, 7) is 2.53. The van der Waals surface area contributed by atoms with E-state index in [2.05, 4.69) is 20.3 Å². The van der Waals surface area contributed by atoms with E-state index < -0.39 is 5.69 Å². The minimum absolute atomic E-state index is 0.216. The van der Waals surface area contributed by atoms with Crippen LogP contribution in [0.5, 0.6) is 5.75 Å². The Labute approximate surface area is 160 Å². The van der Waals surface area contributed by atoms with Gasteiger partial charge >= 0.3 is 5.69 Å². The quantitative estimate of drug-likeness (QED) is 0.678. The molecular formula is C18H20N6O4.